The van der Waals surface area contributed by atoms with Crippen LogP contribution in [0.1, 0.15) is 5.56 Å². The first-order valence-corrected chi connectivity index (χ1v) is 3.77. The van der Waals surface area contributed by atoms with E-state index in [4.69, 9.17) is 0 Å². The third-order valence-electron chi connectivity index (χ3n) is 2.05. The zero-order valence-electron chi connectivity index (χ0n) is 5.93. The van der Waals surface area contributed by atoms with Crippen molar-refractivity contribution in [2.45, 2.75) is 6.42 Å². The quantitative estimate of drug-likeness (QED) is 0.617. The lowest BCUT2D eigenvalue weighted by Crippen LogP contribution is -2.42. The van der Waals surface area contributed by atoms with Crippen molar-refractivity contribution in [3.05, 3.63) is 24.0 Å². The van der Waals surface area contributed by atoms with Gasteiger partial charge >= 0.3 is 0 Å². The summed E-state index contributed by atoms with van der Waals surface area (Å²) in [5, 5.41) is 3.26. The van der Waals surface area contributed by atoms with Crippen molar-refractivity contribution in [3.63, 3.8) is 0 Å². The van der Waals surface area contributed by atoms with Gasteiger partial charge < -0.3 is 10.3 Å². The second-order valence-electron chi connectivity index (χ2n) is 2.95. The van der Waals surface area contributed by atoms with Crippen LogP contribution in [-0.4, -0.2) is 18.1 Å². The fourth-order valence-corrected chi connectivity index (χ4v) is 1.31. The summed E-state index contributed by atoms with van der Waals surface area (Å²) >= 11 is 0. The summed E-state index contributed by atoms with van der Waals surface area (Å²) in [5.74, 6) is 0.885. The maximum atomic E-state index is 3.26. The van der Waals surface area contributed by atoms with Crippen molar-refractivity contribution in [3.8, 4) is 0 Å². The molecule has 0 aliphatic carbocycles. The summed E-state index contributed by atoms with van der Waals surface area (Å²) in [6.07, 6.45) is 5.30. The molecule has 2 heteroatoms. The Morgan fingerprint density at radius 1 is 1.50 bits per heavy atom. The van der Waals surface area contributed by atoms with Gasteiger partial charge in [-0.1, -0.05) is 0 Å². The summed E-state index contributed by atoms with van der Waals surface area (Å²) in [5.41, 5.74) is 1.44. The van der Waals surface area contributed by atoms with Crippen LogP contribution in [0.25, 0.3) is 0 Å². The van der Waals surface area contributed by atoms with E-state index in [0.29, 0.717) is 0 Å². The molecule has 1 saturated heterocycles. The Kier molecular flexibility index (Phi) is 1.47. The van der Waals surface area contributed by atoms with Gasteiger partial charge in [-0.05, 0) is 37.1 Å². The van der Waals surface area contributed by atoms with Crippen LogP contribution >= 0.6 is 0 Å². The largest absolute Gasteiger partial charge is 0.367 e. The van der Waals surface area contributed by atoms with E-state index in [0.717, 1.165) is 5.92 Å². The minimum Gasteiger partial charge on any atom is -0.367 e. The Hall–Kier alpha value is -0.760. The van der Waals surface area contributed by atoms with E-state index in [2.05, 4.69) is 22.6 Å². The van der Waals surface area contributed by atoms with Crippen LogP contribution in [0.3, 0.4) is 0 Å². The topological polar surface area (TPSA) is 27.8 Å². The van der Waals surface area contributed by atoms with Crippen molar-refractivity contribution >= 4 is 0 Å². The highest BCUT2D eigenvalue weighted by Gasteiger charge is 2.16. The van der Waals surface area contributed by atoms with Crippen LogP contribution in [0.2, 0.25) is 0 Å². The van der Waals surface area contributed by atoms with E-state index in [-0.39, 0.29) is 0 Å². The average Bonchev–Trinajstić information content (AvgIpc) is 2.29. The van der Waals surface area contributed by atoms with Crippen LogP contribution in [0, 0.1) is 5.92 Å². The molecule has 54 valence electrons. The first-order chi connectivity index (χ1) is 4.95. The molecule has 0 bridgehead atoms. The number of aromatic amines is 1. The van der Waals surface area contributed by atoms with Gasteiger partial charge in [0, 0.05) is 12.4 Å². The standard InChI is InChI=1S/C8H12N2/c1-2-9-4-7(1)3-8-5-10-6-8/h1-2,4,8-10H,3,5-6H2. The first-order valence-electron chi connectivity index (χ1n) is 3.77. The molecule has 0 radical (unpaired) electrons. The number of hydrogen-bond donors (Lipinski definition) is 2. The van der Waals surface area contributed by atoms with Crippen LogP contribution in [-0.2, 0) is 6.42 Å². The molecule has 0 aromatic carbocycles. The van der Waals surface area contributed by atoms with Crippen molar-refractivity contribution in [1.29, 1.82) is 0 Å². The highest BCUT2D eigenvalue weighted by atomic mass is 14.9. The molecule has 0 amide bonds. The van der Waals surface area contributed by atoms with Crippen molar-refractivity contribution in [2.75, 3.05) is 13.1 Å². The van der Waals surface area contributed by atoms with E-state index in [1.165, 1.54) is 25.1 Å². The maximum absolute atomic E-state index is 3.26. The smallest absolute Gasteiger partial charge is 0.00374 e. The number of H-pyrrole nitrogens is 1. The summed E-state index contributed by atoms with van der Waals surface area (Å²) in [4.78, 5) is 3.06. The van der Waals surface area contributed by atoms with Crippen molar-refractivity contribution in [2.24, 2.45) is 5.92 Å². The molecule has 10 heavy (non-hydrogen) atoms. The molecular weight excluding hydrogens is 124 g/mol. The van der Waals surface area contributed by atoms with Gasteiger partial charge in [0.25, 0.3) is 0 Å². The fraction of sp³-hybridized carbons (Fsp3) is 0.500. The van der Waals surface area contributed by atoms with Gasteiger partial charge in [0.2, 0.25) is 0 Å². The molecule has 1 aliphatic heterocycles. The van der Waals surface area contributed by atoms with Crippen LogP contribution in [0.15, 0.2) is 18.5 Å². The van der Waals surface area contributed by atoms with E-state index in [1.807, 2.05) is 6.20 Å². The van der Waals surface area contributed by atoms with Gasteiger partial charge in [-0.3, -0.25) is 0 Å². The van der Waals surface area contributed by atoms with Crippen LogP contribution in [0.4, 0.5) is 0 Å². The van der Waals surface area contributed by atoms with Gasteiger partial charge in [0.1, 0.15) is 0 Å². The molecule has 2 rings (SSSR count). The molecule has 1 aliphatic rings. The third kappa shape index (κ3) is 1.07. The van der Waals surface area contributed by atoms with E-state index >= 15 is 0 Å². The van der Waals surface area contributed by atoms with E-state index in [1.54, 1.807) is 0 Å². The van der Waals surface area contributed by atoms with Gasteiger partial charge in [-0.15, -0.1) is 0 Å². The first kappa shape index (κ1) is 5.98. The van der Waals surface area contributed by atoms with Crippen LogP contribution in [0.5, 0.6) is 0 Å². The molecule has 1 aromatic rings. The van der Waals surface area contributed by atoms with Gasteiger partial charge in [0.05, 0.1) is 0 Å². The van der Waals surface area contributed by atoms with Gasteiger partial charge in [-0.25, -0.2) is 0 Å². The Morgan fingerprint density at radius 3 is 2.90 bits per heavy atom. The summed E-state index contributed by atoms with van der Waals surface area (Å²) in [7, 11) is 0. The normalized spacial score (nSPS) is 18.8. The lowest BCUT2D eigenvalue weighted by Gasteiger charge is -2.26. The molecule has 2 N–H and O–H groups in total. The number of nitrogens with one attached hydrogen (secondary N) is 2. The monoisotopic (exact) mass is 136 g/mol. The number of rotatable bonds is 2. The molecule has 0 saturated carbocycles. The molecule has 2 heterocycles. The SMILES string of the molecule is c1cc(CC2CNC2)c[nH]1. The fourth-order valence-electron chi connectivity index (χ4n) is 1.31. The predicted molar refractivity (Wildman–Crippen MR) is 40.9 cm³/mol. The summed E-state index contributed by atoms with van der Waals surface area (Å²) in [6.45, 7) is 2.40. The molecule has 1 aromatic heterocycles. The predicted octanol–water partition coefficient (Wildman–Crippen LogP) is 0.777. The van der Waals surface area contributed by atoms with Gasteiger partial charge in [0.15, 0.2) is 0 Å². The Balaban J connectivity index is 1.90. The Bertz CT molecular complexity index is 187. The molecule has 0 atom stereocenters. The summed E-state index contributed by atoms with van der Waals surface area (Å²) in [6, 6.07) is 2.15. The van der Waals surface area contributed by atoms with Gasteiger partial charge in [-0.2, -0.15) is 0 Å². The average molecular weight is 136 g/mol. The number of hydrogen-bond acceptors (Lipinski definition) is 1. The minimum atomic E-state index is 0.885. The molecular formula is C8H12N2. The van der Waals surface area contributed by atoms with Crippen LogP contribution < -0.4 is 5.32 Å². The summed E-state index contributed by atoms with van der Waals surface area (Å²) < 4.78 is 0. The second-order valence-corrected chi connectivity index (χ2v) is 2.95. The zero-order chi connectivity index (χ0) is 6.81. The number of aromatic nitrogens is 1. The van der Waals surface area contributed by atoms with E-state index in [9.17, 15) is 0 Å². The molecule has 0 spiro atoms. The minimum absolute atomic E-state index is 0.885. The van der Waals surface area contributed by atoms with E-state index < -0.39 is 0 Å². The Morgan fingerprint density at radius 2 is 2.40 bits per heavy atom. The zero-order valence-corrected chi connectivity index (χ0v) is 5.93. The highest BCUT2D eigenvalue weighted by Crippen LogP contribution is 2.10. The maximum Gasteiger partial charge on any atom is 0.00374 e. The lowest BCUT2D eigenvalue weighted by atomic mass is 9.96. The van der Waals surface area contributed by atoms with Crippen molar-refractivity contribution < 1.29 is 0 Å². The molecule has 0 unspecified atom stereocenters. The van der Waals surface area contributed by atoms with Crippen molar-refractivity contribution in [1.82, 2.24) is 10.3 Å². The Labute approximate surface area is 60.6 Å². The lowest BCUT2D eigenvalue weighted by molar-refractivity contribution is 0.346. The third-order valence-corrected chi connectivity index (χ3v) is 2.05. The molecule has 1 fully saturated rings. The molecule has 2 nitrogen and oxygen atoms in total. The highest BCUT2D eigenvalue weighted by molar-refractivity contribution is 5.10. The second kappa shape index (κ2) is 2.46.